The molecule has 2 aromatic carbocycles. The molecule has 0 radical (unpaired) electrons. The van der Waals surface area contributed by atoms with Crippen LogP contribution in [0.5, 0.6) is 0 Å². The van der Waals surface area contributed by atoms with Crippen LogP contribution in [0.25, 0.3) is 22.3 Å². The van der Waals surface area contributed by atoms with E-state index in [1.54, 1.807) is 57.2 Å². The van der Waals surface area contributed by atoms with Crippen molar-refractivity contribution in [2.24, 2.45) is 11.7 Å². The standard InChI is InChI=1S/C58H67FN8O12/c1-4-58(78)40-26-45-53-38(30-67(45)56(76)39(40)31-79-57(58)77)52-43(18-17-37-33(3)41(59)27-44(65-53)51(37)52)64-49(72)29-62-54(74)35(24-34-13-7-5-8-14-34)25-36(68)28-61-47(70)20-19-46(69)42(15-10-11-21-60)63-48(71)16-9-6-12-22-66-50(73)23-32(2)55(66)75/h5,7-8,13-14,23,26-27,35,42-43,78H,4,6,9-12,15-22,24-25,28-31,60H2,1-3H3,(H,61,70)(H,62,74)(H,63,71)(H,64,72)/t35-,42+,43+,58+/m1/s1. The van der Waals surface area contributed by atoms with Crippen molar-refractivity contribution in [2.75, 3.05) is 26.2 Å². The van der Waals surface area contributed by atoms with Gasteiger partial charge in [0.05, 0.1) is 54.2 Å². The molecule has 7 N–H and O–H groups in total. The van der Waals surface area contributed by atoms with E-state index in [1.807, 2.05) is 0 Å². The molecule has 4 aromatic rings. The molecule has 8 rings (SSSR count). The highest BCUT2D eigenvalue weighted by Gasteiger charge is 2.46. The Hall–Kier alpha value is -7.78. The number of carbonyl (C=O) groups excluding carboxylic acids is 9. The van der Waals surface area contributed by atoms with Gasteiger partial charge in [-0.15, -0.1) is 0 Å². The van der Waals surface area contributed by atoms with E-state index in [0.717, 1.165) is 5.56 Å². The quantitative estimate of drug-likeness (QED) is 0.0263. The molecule has 4 atom stereocenters. The number of fused-ring (bicyclic) bond motifs is 5. The number of ketones is 2. The molecule has 0 fully saturated rings. The number of esters is 1. The number of aryl methyl sites for hydroxylation is 1. The second kappa shape index (κ2) is 24.9. The minimum Gasteiger partial charge on any atom is -0.458 e. The van der Waals surface area contributed by atoms with Crippen LogP contribution in [0.3, 0.4) is 0 Å². The molecule has 0 saturated heterocycles. The van der Waals surface area contributed by atoms with Crippen LogP contribution < -0.4 is 32.6 Å². The van der Waals surface area contributed by atoms with E-state index >= 15 is 4.39 Å². The molecule has 4 aliphatic rings. The number of carbonyl (C=O) groups is 9. The Morgan fingerprint density at radius 2 is 1.67 bits per heavy atom. The maximum Gasteiger partial charge on any atom is 0.343 e. The molecule has 0 bridgehead atoms. The second-order valence-electron chi connectivity index (χ2n) is 20.9. The number of amides is 6. The Labute approximate surface area is 455 Å². The van der Waals surface area contributed by atoms with Gasteiger partial charge in [0.15, 0.2) is 17.2 Å². The first-order valence-corrected chi connectivity index (χ1v) is 27.1. The summed E-state index contributed by atoms with van der Waals surface area (Å²) in [5, 5.41) is 23.1. The summed E-state index contributed by atoms with van der Waals surface area (Å²) in [6.45, 7) is 4.31. The summed E-state index contributed by atoms with van der Waals surface area (Å²) in [4.78, 5) is 138. The minimum atomic E-state index is -2.06. The van der Waals surface area contributed by atoms with Crippen molar-refractivity contribution in [2.45, 2.75) is 141 Å². The van der Waals surface area contributed by atoms with Crippen molar-refractivity contribution in [3.8, 4) is 11.4 Å². The van der Waals surface area contributed by atoms with E-state index in [9.17, 15) is 53.1 Å². The zero-order chi connectivity index (χ0) is 56.7. The highest BCUT2D eigenvalue weighted by molar-refractivity contribution is 6.15. The van der Waals surface area contributed by atoms with Crippen molar-refractivity contribution < 1.29 is 57.4 Å². The smallest absolute Gasteiger partial charge is 0.343 e. The summed E-state index contributed by atoms with van der Waals surface area (Å²) in [6.07, 6.45) is 4.53. The number of nitrogens with two attached hydrogens (primary N) is 1. The first-order chi connectivity index (χ1) is 37.8. The van der Waals surface area contributed by atoms with Gasteiger partial charge in [0.1, 0.15) is 12.4 Å². The third-order valence-electron chi connectivity index (χ3n) is 15.5. The summed E-state index contributed by atoms with van der Waals surface area (Å²) < 4.78 is 22.2. The van der Waals surface area contributed by atoms with Gasteiger partial charge in [0, 0.05) is 72.4 Å². The predicted octanol–water partition coefficient (Wildman–Crippen LogP) is 3.52. The van der Waals surface area contributed by atoms with Crippen LogP contribution in [-0.4, -0.2) is 105 Å². The zero-order valence-corrected chi connectivity index (χ0v) is 44.7. The lowest BCUT2D eigenvalue weighted by Crippen LogP contribution is -2.44. The van der Waals surface area contributed by atoms with Gasteiger partial charge in [0.25, 0.3) is 17.4 Å². The predicted molar refractivity (Wildman–Crippen MR) is 286 cm³/mol. The number of benzene rings is 2. The first kappa shape index (κ1) is 57.4. The van der Waals surface area contributed by atoms with Crippen LogP contribution in [0.15, 0.2) is 58.9 Å². The van der Waals surface area contributed by atoms with Gasteiger partial charge in [-0.1, -0.05) is 43.7 Å². The van der Waals surface area contributed by atoms with E-state index in [4.69, 9.17) is 15.5 Å². The Balaban J connectivity index is 0.869. The number of hydrogen-bond donors (Lipinski definition) is 6. The molecule has 1 aliphatic carbocycles. The number of Topliss-reactive ketones (excluding diaryl/α,β-unsaturated/α-hetero) is 2. The number of nitrogens with one attached hydrogen (secondary N) is 4. The summed E-state index contributed by atoms with van der Waals surface area (Å²) in [5.74, 6) is -5.87. The number of unbranched alkanes of at least 4 members (excludes halogenated alkanes) is 3. The van der Waals surface area contributed by atoms with Crippen LogP contribution >= 0.6 is 0 Å². The SMILES string of the molecule is CC[C@@]1(O)C(=O)OCc2c1cc1n(c2=O)Cc2c-1nc1cc(F)c(C)c3c1c2[C@@H](NC(=O)CNC(=O)[C@@H](CC(=O)CNC(=O)CCC(=O)[C@H](CCCCN)NC(=O)CCCCCN1C(=O)C=C(C)C1=O)Cc1ccccc1)CC3. The monoisotopic (exact) mass is 1090 g/mol. The molecule has 2 aromatic heterocycles. The van der Waals surface area contributed by atoms with Crippen molar-refractivity contribution >= 4 is 63.9 Å². The topological polar surface area (TPSA) is 295 Å². The molecular weight excluding hydrogens is 1020 g/mol. The van der Waals surface area contributed by atoms with Gasteiger partial charge < -0.3 is 41.4 Å². The number of nitrogens with zero attached hydrogens (tertiary/aromatic N) is 3. The van der Waals surface area contributed by atoms with E-state index < -0.39 is 77.5 Å². The number of cyclic esters (lactones) is 1. The highest BCUT2D eigenvalue weighted by atomic mass is 19.1. The molecule has 0 saturated carbocycles. The second-order valence-corrected chi connectivity index (χ2v) is 20.9. The van der Waals surface area contributed by atoms with Gasteiger partial charge in [-0.25, -0.2) is 14.2 Å². The molecule has 3 aliphatic heterocycles. The molecule has 418 valence electrons. The summed E-state index contributed by atoms with van der Waals surface area (Å²) >= 11 is 0. The van der Waals surface area contributed by atoms with E-state index in [2.05, 4.69) is 21.3 Å². The van der Waals surface area contributed by atoms with Crippen molar-refractivity contribution in [1.29, 1.82) is 0 Å². The van der Waals surface area contributed by atoms with Crippen LogP contribution in [-0.2, 0) is 79.5 Å². The number of ether oxygens (including phenoxy) is 1. The zero-order valence-electron chi connectivity index (χ0n) is 44.7. The molecule has 6 amide bonds. The Bertz CT molecular complexity index is 3230. The van der Waals surface area contributed by atoms with Gasteiger partial charge >= 0.3 is 5.97 Å². The number of hydrogen-bond acceptors (Lipinski definition) is 14. The Kier molecular flexibility index (Phi) is 18.1. The number of aliphatic hydroxyl groups is 1. The van der Waals surface area contributed by atoms with Crippen LogP contribution in [0.4, 0.5) is 4.39 Å². The van der Waals surface area contributed by atoms with Crippen LogP contribution in [0.1, 0.15) is 136 Å². The van der Waals surface area contributed by atoms with E-state index in [0.29, 0.717) is 108 Å². The molecule has 21 heteroatoms. The van der Waals surface area contributed by atoms with Crippen molar-refractivity contribution in [3.05, 3.63) is 109 Å². The highest BCUT2D eigenvalue weighted by Crippen LogP contribution is 2.46. The fourth-order valence-electron chi connectivity index (χ4n) is 11.1. The summed E-state index contributed by atoms with van der Waals surface area (Å²) in [6, 6.07) is 10.3. The fourth-order valence-corrected chi connectivity index (χ4v) is 11.1. The first-order valence-electron chi connectivity index (χ1n) is 27.1. The van der Waals surface area contributed by atoms with Crippen LogP contribution in [0, 0.1) is 18.7 Å². The average Bonchev–Trinajstić information content (AvgIpc) is 4.08. The van der Waals surface area contributed by atoms with Gasteiger partial charge in [-0.05, 0) is 106 Å². The number of aromatic nitrogens is 2. The maximum absolute atomic E-state index is 15.5. The molecule has 5 heterocycles. The lowest BCUT2D eigenvalue weighted by molar-refractivity contribution is -0.172. The molecule has 0 unspecified atom stereocenters. The maximum atomic E-state index is 15.5. The number of halogens is 1. The van der Waals surface area contributed by atoms with Gasteiger partial charge in [-0.3, -0.25) is 48.1 Å². The lowest BCUT2D eigenvalue weighted by Gasteiger charge is -2.31. The minimum absolute atomic E-state index is 0.0361. The summed E-state index contributed by atoms with van der Waals surface area (Å²) in [7, 11) is 0. The third-order valence-corrected chi connectivity index (χ3v) is 15.5. The average molecular weight is 1090 g/mol. The van der Waals surface area contributed by atoms with Crippen molar-refractivity contribution in [3.63, 3.8) is 0 Å². The van der Waals surface area contributed by atoms with Gasteiger partial charge in [-0.2, -0.15) is 0 Å². The van der Waals surface area contributed by atoms with E-state index in [-0.39, 0.29) is 92.9 Å². The Morgan fingerprint density at radius 1 is 0.899 bits per heavy atom. The van der Waals surface area contributed by atoms with E-state index in [1.165, 1.54) is 21.6 Å². The molecular formula is C58H67FN8O12. The van der Waals surface area contributed by atoms with Gasteiger partial charge in [0.2, 0.25) is 23.6 Å². The summed E-state index contributed by atoms with van der Waals surface area (Å²) in [5.41, 5.74) is 7.86. The number of rotatable bonds is 26. The number of imide groups is 1. The van der Waals surface area contributed by atoms with Crippen LogP contribution in [0.2, 0.25) is 0 Å². The lowest BCUT2D eigenvalue weighted by atomic mass is 9.81. The van der Waals surface area contributed by atoms with Crippen molar-refractivity contribution in [1.82, 2.24) is 35.7 Å². The Morgan fingerprint density at radius 3 is 2.39 bits per heavy atom. The number of pyridine rings is 2. The fraction of sp³-hybridized carbons (Fsp3) is 0.466. The largest absolute Gasteiger partial charge is 0.458 e. The normalized spacial score (nSPS) is 17.7. The molecule has 0 spiro atoms. The third kappa shape index (κ3) is 12.6. The molecule has 20 nitrogen and oxygen atoms in total. The molecule has 79 heavy (non-hydrogen) atoms.